The molecule has 0 unspecified atom stereocenters. The number of pyridine rings is 1. The third kappa shape index (κ3) is 3.00. The number of aromatic nitrogens is 2. The zero-order chi connectivity index (χ0) is 18.6. The zero-order valence-electron chi connectivity index (χ0n) is 16.1. The molecular weight excluding hydrogens is 354 g/mol. The fraction of sp³-hybridized carbons (Fsp3) is 0.591. The molecule has 0 aliphatic heterocycles. The van der Waals surface area contributed by atoms with Crippen molar-refractivity contribution in [2.24, 2.45) is 28.2 Å². The number of hydrogen-bond donors (Lipinski definition) is 0. The predicted molar refractivity (Wildman–Crippen MR) is 106 cm³/mol. The molecule has 0 N–H and O–H groups in total. The second kappa shape index (κ2) is 6.40. The van der Waals surface area contributed by atoms with Crippen LogP contribution in [0.15, 0.2) is 29.5 Å². The van der Waals surface area contributed by atoms with Gasteiger partial charge in [-0.2, -0.15) is 4.99 Å². The number of amides is 1. The van der Waals surface area contributed by atoms with E-state index in [-0.39, 0.29) is 11.3 Å². The van der Waals surface area contributed by atoms with Crippen LogP contribution in [0.5, 0.6) is 0 Å². The van der Waals surface area contributed by atoms with Gasteiger partial charge in [0.1, 0.15) is 0 Å². The molecule has 4 saturated carbocycles. The third-order valence-corrected chi connectivity index (χ3v) is 8.26. The molecule has 4 aliphatic carbocycles. The lowest BCUT2D eigenvalue weighted by Crippen LogP contribution is -2.50. The molecule has 5 heteroatoms. The molecular formula is C22H27N3OS. The predicted octanol–water partition coefficient (Wildman–Crippen LogP) is 4.25. The maximum Gasteiger partial charge on any atom is 0.254 e. The third-order valence-electron chi connectivity index (χ3n) is 7.17. The molecule has 4 bridgehead atoms. The highest BCUT2D eigenvalue weighted by atomic mass is 32.1. The number of thiazole rings is 1. The molecule has 2 heterocycles. The van der Waals surface area contributed by atoms with Gasteiger partial charge in [-0.05, 0) is 87.8 Å². The minimum atomic E-state index is -0.158. The molecule has 142 valence electrons. The summed E-state index contributed by atoms with van der Waals surface area (Å²) < 4.78 is 2.20. The molecule has 6 rings (SSSR count). The molecule has 0 spiro atoms. The Morgan fingerprint density at radius 1 is 1.15 bits per heavy atom. The lowest BCUT2D eigenvalue weighted by atomic mass is 9.49. The van der Waals surface area contributed by atoms with Crippen molar-refractivity contribution in [1.29, 1.82) is 0 Å². The van der Waals surface area contributed by atoms with Crippen molar-refractivity contribution in [3.63, 3.8) is 0 Å². The molecule has 0 radical (unpaired) electrons. The summed E-state index contributed by atoms with van der Waals surface area (Å²) in [4.78, 5) is 24.4. The molecule has 2 aromatic heterocycles. The maximum absolute atomic E-state index is 13.4. The van der Waals surface area contributed by atoms with Gasteiger partial charge in [-0.15, -0.1) is 11.3 Å². The zero-order valence-corrected chi connectivity index (χ0v) is 17.0. The van der Waals surface area contributed by atoms with Gasteiger partial charge in [-0.1, -0.05) is 0 Å². The van der Waals surface area contributed by atoms with E-state index in [0.29, 0.717) is 0 Å². The van der Waals surface area contributed by atoms with Crippen LogP contribution >= 0.6 is 11.3 Å². The van der Waals surface area contributed by atoms with Crippen LogP contribution in [0.1, 0.15) is 54.7 Å². The van der Waals surface area contributed by atoms with Crippen LogP contribution < -0.4 is 4.80 Å². The van der Waals surface area contributed by atoms with Crippen LogP contribution in [0.25, 0.3) is 0 Å². The van der Waals surface area contributed by atoms with Crippen molar-refractivity contribution in [3.05, 3.63) is 45.5 Å². The number of carbonyl (C=O) groups excluding carboxylic acids is 1. The highest BCUT2D eigenvalue weighted by Gasteiger charge is 2.54. The molecule has 0 atom stereocenters. The standard InChI is InChI=1S/C22H27N3OS/c1-14-15(2)27-21(25(14)13-16-3-5-23-6-4-16)24-20(26)22-10-17-7-18(11-22)9-19(8-17)12-22/h3-6,17-19H,7-13H2,1-2H3/b24-21-. The fourth-order valence-corrected chi connectivity index (χ4v) is 7.09. The second-order valence-electron chi connectivity index (χ2n) is 9.08. The highest BCUT2D eigenvalue weighted by Crippen LogP contribution is 2.60. The smallest absolute Gasteiger partial charge is 0.254 e. The first kappa shape index (κ1) is 17.4. The van der Waals surface area contributed by atoms with Gasteiger partial charge >= 0.3 is 0 Å². The molecule has 27 heavy (non-hydrogen) atoms. The van der Waals surface area contributed by atoms with Gasteiger partial charge in [0.15, 0.2) is 4.80 Å². The number of nitrogens with zero attached hydrogens (tertiary/aromatic N) is 3. The number of rotatable bonds is 3. The maximum atomic E-state index is 13.4. The monoisotopic (exact) mass is 381 g/mol. The van der Waals surface area contributed by atoms with E-state index in [9.17, 15) is 4.79 Å². The summed E-state index contributed by atoms with van der Waals surface area (Å²) >= 11 is 1.65. The Morgan fingerprint density at radius 3 is 2.33 bits per heavy atom. The molecule has 1 amide bonds. The Hall–Kier alpha value is -1.75. The van der Waals surface area contributed by atoms with Crippen molar-refractivity contribution in [2.75, 3.05) is 0 Å². The van der Waals surface area contributed by atoms with Crippen LogP contribution in [-0.4, -0.2) is 15.5 Å². The minimum absolute atomic E-state index is 0.158. The van der Waals surface area contributed by atoms with Crippen LogP contribution in [0.4, 0.5) is 0 Å². The minimum Gasteiger partial charge on any atom is -0.316 e. The molecule has 4 fully saturated rings. The summed E-state index contributed by atoms with van der Waals surface area (Å²) in [7, 11) is 0. The van der Waals surface area contributed by atoms with Crippen LogP contribution in [-0.2, 0) is 11.3 Å². The van der Waals surface area contributed by atoms with E-state index >= 15 is 0 Å². The molecule has 0 aromatic carbocycles. The summed E-state index contributed by atoms with van der Waals surface area (Å²) in [5, 5.41) is 0. The normalized spacial score (nSPS) is 32.2. The van der Waals surface area contributed by atoms with Crippen molar-refractivity contribution in [3.8, 4) is 0 Å². The topological polar surface area (TPSA) is 47.2 Å². The van der Waals surface area contributed by atoms with Gasteiger partial charge in [0.25, 0.3) is 5.91 Å². The average molecular weight is 382 g/mol. The molecule has 4 aliphatic rings. The van der Waals surface area contributed by atoms with Crippen LogP contribution in [0.2, 0.25) is 0 Å². The summed E-state index contributed by atoms with van der Waals surface area (Å²) in [5.74, 6) is 2.47. The lowest BCUT2D eigenvalue weighted by molar-refractivity contribution is -0.142. The van der Waals surface area contributed by atoms with E-state index in [2.05, 4.69) is 23.4 Å². The quantitative estimate of drug-likeness (QED) is 0.798. The Balaban J connectivity index is 1.50. The van der Waals surface area contributed by atoms with Crippen molar-refractivity contribution in [2.45, 2.75) is 58.9 Å². The van der Waals surface area contributed by atoms with E-state index in [1.54, 1.807) is 11.3 Å². The van der Waals surface area contributed by atoms with Gasteiger partial charge in [-0.25, -0.2) is 0 Å². The Bertz CT molecular complexity index is 905. The van der Waals surface area contributed by atoms with Gasteiger partial charge in [0.05, 0.1) is 12.0 Å². The second-order valence-corrected chi connectivity index (χ2v) is 10.3. The Labute approximate surface area is 164 Å². The van der Waals surface area contributed by atoms with Gasteiger partial charge in [0.2, 0.25) is 0 Å². The summed E-state index contributed by atoms with van der Waals surface area (Å²) in [5.41, 5.74) is 2.23. The van der Waals surface area contributed by atoms with E-state index in [1.807, 2.05) is 24.5 Å². The van der Waals surface area contributed by atoms with E-state index in [0.717, 1.165) is 48.4 Å². The molecule has 2 aromatic rings. The number of aryl methyl sites for hydroxylation is 1. The lowest BCUT2D eigenvalue weighted by Gasteiger charge is -2.55. The van der Waals surface area contributed by atoms with Crippen molar-refractivity contribution in [1.82, 2.24) is 9.55 Å². The fourth-order valence-electron chi connectivity index (χ4n) is 6.12. The van der Waals surface area contributed by atoms with E-state index in [1.165, 1.54) is 35.4 Å². The summed E-state index contributed by atoms with van der Waals surface area (Å²) in [6, 6.07) is 4.06. The number of hydrogen-bond acceptors (Lipinski definition) is 3. The van der Waals surface area contributed by atoms with Crippen molar-refractivity contribution < 1.29 is 4.79 Å². The van der Waals surface area contributed by atoms with Crippen LogP contribution in [0.3, 0.4) is 0 Å². The molecule has 0 saturated heterocycles. The summed E-state index contributed by atoms with van der Waals surface area (Å²) in [6.07, 6.45) is 10.9. The first-order valence-electron chi connectivity index (χ1n) is 10.2. The highest BCUT2D eigenvalue weighted by molar-refractivity contribution is 7.09. The van der Waals surface area contributed by atoms with Gasteiger partial charge < -0.3 is 4.57 Å². The van der Waals surface area contributed by atoms with Gasteiger partial charge in [0, 0.05) is 23.0 Å². The van der Waals surface area contributed by atoms with Crippen molar-refractivity contribution >= 4 is 17.2 Å². The van der Waals surface area contributed by atoms with E-state index in [4.69, 9.17) is 4.99 Å². The van der Waals surface area contributed by atoms with Crippen LogP contribution in [0, 0.1) is 37.0 Å². The SMILES string of the molecule is Cc1s/c(=N\C(=O)C23CC4CC(CC(C4)C2)C3)n(Cc2ccncc2)c1C. The largest absolute Gasteiger partial charge is 0.316 e. The summed E-state index contributed by atoms with van der Waals surface area (Å²) in [6.45, 7) is 4.99. The number of carbonyl (C=O) groups is 1. The van der Waals surface area contributed by atoms with Gasteiger partial charge in [-0.3, -0.25) is 9.78 Å². The average Bonchev–Trinajstić information content (AvgIpc) is 2.89. The Kier molecular flexibility index (Phi) is 4.12. The van der Waals surface area contributed by atoms with E-state index < -0.39 is 0 Å². The molecule has 4 nitrogen and oxygen atoms in total. The Morgan fingerprint density at radius 2 is 1.74 bits per heavy atom. The first-order valence-corrected chi connectivity index (χ1v) is 11.0. The first-order chi connectivity index (χ1) is 13.0.